The summed E-state index contributed by atoms with van der Waals surface area (Å²) in [7, 11) is 0. The number of nitrogens with one attached hydrogen (secondary N) is 1. The number of amides is 2. The lowest BCUT2D eigenvalue weighted by Crippen LogP contribution is -2.69. The van der Waals surface area contributed by atoms with E-state index in [1.807, 2.05) is 6.92 Å². The molecule has 1 fully saturated rings. The molecule has 0 spiro atoms. The highest BCUT2D eigenvalue weighted by molar-refractivity contribution is 8.00. The maximum Gasteiger partial charge on any atom is 0.339 e. The van der Waals surface area contributed by atoms with Gasteiger partial charge in [0.1, 0.15) is 23.7 Å². The smallest absolute Gasteiger partial charge is 0.339 e. The monoisotopic (exact) mass is 595 g/mol. The number of carbonyl (C=O) groups excluding carboxylic acids is 4. The molecule has 1 aromatic heterocycles. The molecule has 2 aliphatic heterocycles. The van der Waals surface area contributed by atoms with Crippen molar-refractivity contribution < 1.29 is 33.5 Å². The molecule has 1 aromatic rings. The Kier molecular flexibility index (Phi) is 12.2. The molecular formula is C26H37N5O7S2. The Bertz CT molecular complexity index is 1120. The average Bonchev–Trinajstić information content (AvgIpc) is 3.36. The minimum atomic E-state index is -0.830. The van der Waals surface area contributed by atoms with Crippen LogP contribution in [-0.2, 0) is 33.5 Å². The van der Waals surface area contributed by atoms with Crippen molar-refractivity contribution in [2.75, 3.05) is 19.1 Å². The second-order valence-electron chi connectivity index (χ2n) is 9.38. The van der Waals surface area contributed by atoms with Crippen LogP contribution in [-0.4, -0.2) is 69.4 Å². The van der Waals surface area contributed by atoms with Crippen molar-refractivity contribution >= 4 is 57.7 Å². The molecule has 3 rings (SSSR count). The van der Waals surface area contributed by atoms with Gasteiger partial charge in [-0.05, 0) is 26.2 Å². The third-order valence-electron chi connectivity index (χ3n) is 6.28. The Morgan fingerprint density at radius 1 is 1.12 bits per heavy atom. The van der Waals surface area contributed by atoms with Crippen molar-refractivity contribution in [3.63, 3.8) is 0 Å². The van der Waals surface area contributed by atoms with E-state index in [9.17, 15) is 19.2 Å². The van der Waals surface area contributed by atoms with Gasteiger partial charge in [0.25, 0.3) is 11.8 Å². The van der Waals surface area contributed by atoms with Crippen LogP contribution in [0.15, 0.2) is 22.3 Å². The number of nitrogens with two attached hydrogens (primary N) is 1. The summed E-state index contributed by atoms with van der Waals surface area (Å²) in [5.41, 5.74) is 6.21. The Hall–Kier alpha value is -3.13. The van der Waals surface area contributed by atoms with E-state index in [-0.39, 0.29) is 39.7 Å². The number of esters is 2. The van der Waals surface area contributed by atoms with E-state index in [1.54, 1.807) is 12.3 Å². The quantitative estimate of drug-likeness (QED) is 0.0724. The number of hydrogen-bond donors (Lipinski definition) is 2. The molecule has 0 aliphatic carbocycles. The number of β-lactam (4-membered cyclic amide) rings is 1. The lowest BCUT2D eigenvalue weighted by molar-refractivity contribution is -0.164. The maximum atomic E-state index is 13.1. The number of carbonyl (C=O) groups is 4. The van der Waals surface area contributed by atoms with Crippen LogP contribution < -0.4 is 11.1 Å². The highest BCUT2D eigenvalue weighted by atomic mass is 32.2. The number of oxime groups is 1. The molecule has 3 atom stereocenters. The first-order chi connectivity index (χ1) is 19.3. The third-order valence-corrected chi connectivity index (χ3v) is 8.40. The van der Waals surface area contributed by atoms with Crippen LogP contribution in [0.2, 0.25) is 0 Å². The summed E-state index contributed by atoms with van der Waals surface area (Å²) in [6, 6.07) is -0.830. The average molecular weight is 596 g/mol. The third kappa shape index (κ3) is 8.43. The van der Waals surface area contributed by atoms with Crippen LogP contribution in [0.25, 0.3) is 0 Å². The van der Waals surface area contributed by atoms with Gasteiger partial charge in [-0.15, -0.1) is 23.1 Å². The van der Waals surface area contributed by atoms with Gasteiger partial charge in [0.2, 0.25) is 6.79 Å². The molecule has 0 saturated carbocycles. The van der Waals surface area contributed by atoms with Gasteiger partial charge in [-0.2, -0.15) is 0 Å². The van der Waals surface area contributed by atoms with Crippen molar-refractivity contribution in [2.24, 2.45) is 5.16 Å². The minimum Gasteiger partial charge on any atom is -0.428 e. The number of unbranched alkanes of at least 4 members (excludes halogenated alkanes) is 5. The molecule has 1 saturated heterocycles. The molecule has 2 amide bonds. The van der Waals surface area contributed by atoms with Crippen molar-refractivity contribution in [2.45, 2.75) is 88.8 Å². The Morgan fingerprint density at radius 2 is 1.88 bits per heavy atom. The lowest BCUT2D eigenvalue weighted by Gasteiger charge is -2.48. The summed E-state index contributed by atoms with van der Waals surface area (Å²) in [4.78, 5) is 61.2. The van der Waals surface area contributed by atoms with Gasteiger partial charge < -0.3 is 30.3 Å². The van der Waals surface area contributed by atoms with Crippen molar-refractivity contribution in [1.82, 2.24) is 15.2 Å². The molecule has 2 unspecified atom stereocenters. The molecule has 0 bridgehead atoms. The molecule has 0 aromatic carbocycles. The van der Waals surface area contributed by atoms with Crippen molar-refractivity contribution in [3.8, 4) is 0 Å². The zero-order valence-electron chi connectivity index (χ0n) is 23.1. The van der Waals surface area contributed by atoms with Gasteiger partial charge in [0.05, 0.1) is 5.57 Å². The normalized spacial score (nSPS) is 20.2. The van der Waals surface area contributed by atoms with Crippen molar-refractivity contribution in [3.05, 3.63) is 22.8 Å². The molecule has 12 nitrogen and oxygen atoms in total. The fraction of sp³-hybridized carbons (Fsp3) is 0.615. The predicted octanol–water partition coefficient (Wildman–Crippen LogP) is 3.32. The standard InChI is InChI=1S/C26H37N5O7S2/c1-4-6-8-10-12-38-30-20(18-14-39-26(27)28-18)22(33)29-21-23(34)31-13-17(16(3)40-24(21)31)25(35)37-15-36-19(32)11-9-7-5-2/h13-14,16,21,24H,4-12,15H2,1-3H3,(H2,27,28)(H,29,33)/t16?,21?,24-/m1/s1. The van der Waals surface area contributed by atoms with E-state index in [1.165, 1.54) is 22.9 Å². The number of nitrogen functional groups attached to an aromatic ring is 1. The lowest BCUT2D eigenvalue weighted by atomic mass is 10.1. The van der Waals surface area contributed by atoms with E-state index in [4.69, 9.17) is 20.0 Å². The number of rotatable bonds is 16. The minimum absolute atomic E-state index is 0.0624. The summed E-state index contributed by atoms with van der Waals surface area (Å²) < 4.78 is 10.1. The first-order valence-electron chi connectivity index (χ1n) is 13.5. The summed E-state index contributed by atoms with van der Waals surface area (Å²) in [5, 5.41) is 7.86. The molecular weight excluding hydrogens is 558 g/mol. The second kappa shape index (κ2) is 15.6. The molecule has 2 aliphatic rings. The van der Waals surface area contributed by atoms with Gasteiger partial charge in [-0.25, -0.2) is 9.78 Å². The fourth-order valence-corrected chi connectivity index (χ4v) is 5.90. The molecule has 40 heavy (non-hydrogen) atoms. The highest BCUT2D eigenvalue weighted by Crippen LogP contribution is 2.40. The Labute approximate surface area is 242 Å². The number of thioether (sulfide) groups is 1. The molecule has 14 heteroatoms. The van der Waals surface area contributed by atoms with E-state index in [2.05, 4.69) is 22.4 Å². The van der Waals surface area contributed by atoms with Gasteiger partial charge in [0.15, 0.2) is 10.8 Å². The number of fused-ring (bicyclic) bond motifs is 1. The molecule has 220 valence electrons. The van der Waals surface area contributed by atoms with E-state index in [0.29, 0.717) is 6.61 Å². The van der Waals surface area contributed by atoms with Crippen LogP contribution in [0.4, 0.5) is 5.13 Å². The zero-order valence-corrected chi connectivity index (χ0v) is 24.7. The number of aromatic nitrogens is 1. The van der Waals surface area contributed by atoms with Crippen molar-refractivity contribution in [1.29, 1.82) is 0 Å². The summed E-state index contributed by atoms with van der Waals surface area (Å²) >= 11 is 2.49. The number of hydrogen-bond acceptors (Lipinski definition) is 12. The van der Waals surface area contributed by atoms with Gasteiger partial charge in [0, 0.05) is 23.3 Å². The zero-order chi connectivity index (χ0) is 29.1. The number of ether oxygens (including phenoxy) is 2. The fourth-order valence-electron chi connectivity index (χ4n) is 3.99. The highest BCUT2D eigenvalue weighted by Gasteiger charge is 2.52. The van der Waals surface area contributed by atoms with Crippen LogP contribution in [0.3, 0.4) is 0 Å². The van der Waals surface area contributed by atoms with Crippen LogP contribution in [0.1, 0.15) is 77.8 Å². The first kappa shape index (κ1) is 31.4. The van der Waals surface area contributed by atoms with Gasteiger partial charge >= 0.3 is 11.9 Å². The molecule has 0 radical (unpaired) electrons. The second-order valence-corrected chi connectivity index (χ2v) is 11.7. The number of thiazole rings is 1. The van der Waals surface area contributed by atoms with Crippen LogP contribution >= 0.6 is 23.1 Å². The Balaban J connectivity index is 1.57. The number of nitrogens with zero attached hydrogens (tertiary/aromatic N) is 3. The summed E-state index contributed by atoms with van der Waals surface area (Å²) in [6.45, 7) is 5.80. The van der Waals surface area contributed by atoms with Gasteiger partial charge in [-0.3, -0.25) is 14.4 Å². The van der Waals surface area contributed by atoms with Gasteiger partial charge in [-0.1, -0.05) is 44.7 Å². The summed E-state index contributed by atoms with van der Waals surface area (Å²) in [6.07, 6.45) is 8.29. The molecule has 3 N–H and O–H groups in total. The first-order valence-corrected chi connectivity index (χ1v) is 15.3. The summed E-state index contributed by atoms with van der Waals surface area (Å²) in [5.74, 6) is -2.10. The largest absolute Gasteiger partial charge is 0.428 e. The Morgan fingerprint density at radius 3 is 2.58 bits per heavy atom. The van der Waals surface area contributed by atoms with E-state index < -0.39 is 36.1 Å². The van der Waals surface area contributed by atoms with E-state index in [0.717, 1.165) is 56.3 Å². The van der Waals surface area contributed by atoms with Crippen LogP contribution in [0.5, 0.6) is 0 Å². The topological polar surface area (TPSA) is 163 Å². The van der Waals surface area contributed by atoms with Crippen LogP contribution in [0, 0.1) is 0 Å². The SMILES string of the molecule is CCCCCCON=C(C(=O)NC1C(=O)N2C=C(C(=O)OCOC(=O)CCCCC)C(C)S[C@H]12)c1csc(N)n1. The maximum absolute atomic E-state index is 13.1. The number of anilines is 1. The molecule has 3 heterocycles. The van der Waals surface area contributed by atoms with E-state index >= 15 is 0 Å². The predicted molar refractivity (Wildman–Crippen MR) is 152 cm³/mol.